The van der Waals surface area contributed by atoms with Crippen LogP contribution in [0.25, 0.3) is 0 Å². The molecule has 1 aromatic carbocycles. The van der Waals surface area contributed by atoms with Gasteiger partial charge in [0.2, 0.25) is 10.0 Å². The van der Waals surface area contributed by atoms with E-state index in [1.54, 1.807) is 31.1 Å². The maximum Gasteiger partial charge on any atom is 0.321 e. The fourth-order valence-electron chi connectivity index (χ4n) is 3.31. The Balaban J connectivity index is 1.70. The summed E-state index contributed by atoms with van der Waals surface area (Å²) < 4.78 is 33.4. The highest BCUT2D eigenvalue weighted by atomic mass is 32.2. The van der Waals surface area contributed by atoms with E-state index in [1.807, 2.05) is 0 Å². The highest BCUT2D eigenvalue weighted by Gasteiger charge is 2.30. The molecule has 3 rings (SSSR count). The van der Waals surface area contributed by atoms with Gasteiger partial charge in [0.05, 0.1) is 10.5 Å². The molecular formula is C19H29N3O4S. The molecule has 7 nitrogen and oxygen atoms in total. The van der Waals surface area contributed by atoms with Crippen molar-refractivity contribution in [2.75, 3.05) is 25.5 Å². The number of hydrogen-bond acceptors (Lipinski definition) is 4. The van der Waals surface area contributed by atoms with Crippen LogP contribution in [0.15, 0.2) is 23.1 Å². The number of nitrogens with one attached hydrogen (secondary N) is 2. The van der Waals surface area contributed by atoms with Crippen molar-refractivity contribution in [3.8, 4) is 0 Å². The Hall–Kier alpha value is -1.64. The molecular weight excluding hydrogens is 366 g/mol. The van der Waals surface area contributed by atoms with E-state index in [2.05, 4.69) is 17.0 Å². The van der Waals surface area contributed by atoms with Crippen LogP contribution >= 0.6 is 0 Å². The van der Waals surface area contributed by atoms with E-state index in [4.69, 9.17) is 4.74 Å². The largest absolute Gasteiger partial charge is 0.378 e. The van der Waals surface area contributed by atoms with E-state index in [0.717, 1.165) is 32.1 Å². The maximum atomic E-state index is 12.7. The molecule has 1 unspecified atom stereocenters. The second kappa shape index (κ2) is 7.77. The van der Waals surface area contributed by atoms with Crippen LogP contribution in [0.4, 0.5) is 10.5 Å². The van der Waals surface area contributed by atoms with Crippen molar-refractivity contribution in [1.29, 1.82) is 0 Å². The zero-order chi connectivity index (χ0) is 19.7. The van der Waals surface area contributed by atoms with Gasteiger partial charge in [-0.25, -0.2) is 17.9 Å². The summed E-state index contributed by atoms with van der Waals surface area (Å²) in [6, 6.07) is 4.83. The van der Waals surface area contributed by atoms with E-state index < -0.39 is 10.0 Å². The van der Waals surface area contributed by atoms with Crippen LogP contribution in [0.2, 0.25) is 0 Å². The van der Waals surface area contributed by atoms with Crippen LogP contribution in [0, 0.1) is 6.92 Å². The number of likely N-dealkylation sites (tertiary alicyclic amines) is 1. The SMILES string of the molecule is COC1(C)CCCN(C(=O)Nc2ccc(C)c(S(=O)(=O)NC3CC3)c2)CC1. The van der Waals surface area contributed by atoms with Crippen molar-refractivity contribution in [2.45, 2.75) is 62.5 Å². The minimum Gasteiger partial charge on any atom is -0.378 e. The highest BCUT2D eigenvalue weighted by molar-refractivity contribution is 7.89. The number of anilines is 1. The van der Waals surface area contributed by atoms with E-state index in [-0.39, 0.29) is 22.6 Å². The first-order valence-corrected chi connectivity index (χ1v) is 10.9. The molecule has 1 aromatic rings. The van der Waals surface area contributed by atoms with Crippen LogP contribution in [-0.2, 0) is 14.8 Å². The second-order valence-electron chi connectivity index (χ2n) is 7.80. The first-order chi connectivity index (χ1) is 12.7. The summed E-state index contributed by atoms with van der Waals surface area (Å²) in [5, 5.41) is 2.85. The van der Waals surface area contributed by atoms with Gasteiger partial charge in [-0.15, -0.1) is 0 Å². The molecule has 2 fully saturated rings. The summed E-state index contributed by atoms with van der Waals surface area (Å²) in [7, 11) is -1.86. The van der Waals surface area contributed by atoms with Gasteiger partial charge >= 0.3 is 6.03 Å². The number of hydrogen-bond donors (Lipinski definition) is 2. The van der Waals surface area contributed by atoms with Crippen molar-refractivity contribution in [3.63, 3.8) is 0 Å². The fourth-order valence-corrected chi connectivity index (χ4v) is 4.89. The van der Waals surface area contributed by atoms with Gasteiger partial charge < -0.3 is 15.0 Å². The Morgan fingerprint density at radius 2 is 2.00 bits per heavy atom. The van der Waals surface area contributed by atoms with Gasteiger partial charge in [0.15, 0.2) is 0 Å². The van der Waals surface area contributed by atoms with Crippen molar-refractivity contribution < 1.29 is 17.9 Å². The lowest BCUT2D eigenvalue weighted by Crippen LogP contribution is -2.37. The number of ether oxygens (including phenoxy) is 1. The normalized spacial score (nSPS) is 23.7. The molecule has 1 heterocycles. The molecule has 2 aliphatic rings. The summed E-state index contributed by atoms with van der Waals surface area (Å²) in [6.07, 6.45) is 4.31. The van der Waals surface area contributed by atoms with E-state index >= 15 is 0 Å². The van der Waals surface area contributed by atoms with E-state index in [0.29, 0.717) is 24.3 Å². The second-order valence-corrected chi connectivity index (χ2v) is 9.48. The Kier molecular flexibility index (Phi) is 5.79. The molecule has 27 heavy (non-hydrogen) atoms. The summed E-state index contributed by atoms with van der Waals surface area (Å²) in [5.41, 5.74) is 0.946. The molecule has 0 spiro atoms. The molecule has 1 saturated heterocycles. The van der Waals surface area contributed by atoms with Gasteiger partial charge in [-0.05, 0) is 63.6 Å². The van der Waals surface area contributed by atoms with Crippen molar-refractivity contribution in [1.82, 2.24) is 9.62 Å². The fraction of sp³-hybridized carbons (Fsp3) is 0.632. The molecule has 0 radical (unpaired) electrons. The number of nitrogens with zero attached hydrogens (tertiary/aromatic N) is 1. The topological polar surface area (TPSA) is 87.7 Å². The lowest BCUT2D eigenvalue weighted by atomic mass is 9.97. The van der Waals surface area contributed by atoms with Crippen LogP contribution < -0.4 is 10.0 Å². The maximum absolute atomic E-state index is 12.7. The number of benzene rings is 1. The molecule has 150 valence electrons. The molecule has 8 heteroatoms. The number of carbonyl (C=O) groups excluding carboxylic acids is 1. The zero-order valence-corrected chi connectivity index (χ0v) is 17.1. The molecule has 0 aromatic heterocycles. The average molecular weight is 396 g/mol. The van der Waals surface area contributed by atoms with Crippen LogP contribution in [0.1, 0.15) is 44.6 Å². The van der Waals surface area contributed by atoms with E-state index in [1.165, 1.54) is 6.07 Å². The van der Waals surface area contributed by atoms with Crippen molar-refractivity contribution in [2.24, 2.45) is 0 Å². The van der Waals surface area contributed by atoms with Gasteiger partial charge in [-0.3, -0.25) is 0 Å². The number of urea groups is 1. The summed E-state index contributed by atoms with van der Waals surface area (Å²) >= 11 is 0. The molecule has 1 aliphatic carbocycles. The third-order valence-corrected chi connectivity index (χ3v) is 7.11. The third kappa shape index (κ3) is 5.00. The number of carbonyl (C=O) groups is 1. The summed E-state index contributed by atoms with van der Waals surface area (Å²) in [6.45, 7) is 5.09. The predicted octanol–water partition coefficient (Wildman–Crippen LogP) is 2.86. The predicted molar refractivity (Wildman–Crippen MR) is 104 cm³/mol. The Bertz CT molecular complexity index is 807. The van der Waals surface area contributed by atoms with Gasteiger partial charge in [-0.2, -0.15) is 0 Å². The number of amides is 2. The molecule has 2 N–H and O–H groups in total. The number of rotatable bonds is 5. The monoisotopic (exact) mass is 395 g/mol. The molecule has 2 amide bonds. The zero-order valence-electron chi connectivity index (χ0n) is 16.2. The van der Waals surface area contributed by atoms with Crippen LogP contribution in [0.3, 0.4) is 0 Å². The Labute approximate surface area is 161 Å². The Morgan fingerprint density at radius 1 is 1.26 bits per heavy atom. The van der Waals surface area contributed by atoms with Gasteiger partial charge in [0.1, 0.15) is 0 Å². The quantitative estimate of drug-likeness (QED) is 0.802. The molecule has 1 aliphatic heterocycles. The van der Waals surface area contributed by atoms with Gasteiger partial charge in [0, 0.05) is 31.9 Å². The number of methoxy groups -OCH3 is 1. The molecule has 1 saturated carbocycles. The number of aryl methyl sites for hydroxylation is 1. The Morgan fingerprint density at radius 3 is 2.67 bits per heavy atom. The first kappa shape index (κ1) is 20.1. The lowest BCUT2D eigenvalue weighted by Gasteiger charge is -2.26. The van der Waals surface area contributed by atoms with Crippen LogP contribution in [0.5, 0.6) is 0 Å². The third-order valence-electron chi connectivity index (χ3n) is 5.45. The van der Waals surface area contributed by atoms with Crippen molar-refractivity contribution in [3.05, 3.63) is 23.8 Å². The van der Waals surface area contributed by atoms with Gasteiger partial charge in [0.25, 0.3) is 0 Å². The average Bonchev–Trinajstić information content (AvgIpc) is 3.44. The summed E-state index contributed by atoms with van der Waals surface area (Å²) in [5.74, 6) is 0. The molecule has 0 bridgehead atoms. The summed E-state index contributed by atoms with van der Waals surface area (Å²) in [4.78, 5) is 14.6. The standard InChI is InChI=1S/C19H29N3O4S/c1-14-5-6-16(13-17(14)27(24,25)21-15-7-8-15)20-18(23)22-11-4-9-19(2,26-3)10-12-22/h5-6,13,15,21H,4,7-12H2,1-3H3,(H,20,23). The minimum absolute atomic E-state index is 0.0415. The molecule has 1 atom stereocenters. The van der Waals surface area contributed by atoms with E-state index in [9.17, 15) is 13.2 Å². The highest BCUT2D eigenvalue weighted by Crippen LogP contribution is 2.27. The smallest absolute Gasteiger partial charge is 0.321 e. The van der Waals surface area contributed by atoms with Crippen molar-refractivity contribution >= 4 is 21.7 Å². The van der Waals surface area contributed by atoms with Crippen LogP contribution in [-0.4, -0.2) is 51.2 Å². The van der Waals surface area contributed by atoms with Gasteiger partial charge in [-0.1, -0.05) is 6.07 Å². The minimum atomic E-state index is -3.57. The number of sulfonamides is 1. The first-order valence-electron chi connectivity index (χ1n) is 9.46. The lowest BCUT2D eigenvalue weighted by molar-refractivity contribution is -0.00492.